The number of likely N-dealkylation sites (tertiary alicyclic amines) is 1. The van der Waals surface area contributed by atoms with Crippen LogP contribution >= 0.6 is 0 Å². The summed E-state index contributed by atoms with van der Waals surface area (Å²) >= 11 is 0. The first kappa shape index (κ1) is 18.2. The van der Waals surface area contributed by atoms with E-state index >= 15 is 0 Å². The van der Waals surface area contributed by atoms with Crippen molar-refractivity contribution in [3.05, 3.63) is 53.6 Å². The molecule has 0 radical (unpaired) electrons. The van der Waals surface area contributed by atoms with E-state index in [2.05, 4.69) is 34.5 Å². The Kier molecular flexibility index (Phi) is 4.52. The van der Waals surface area contributed by atoms with Crippen molar-refractivity contribution in [3.8, 4) is 17.2 Å². The zero-order valence-corrected chi connectivity index (χ0v) is 16.3. The number of benzene rings is 2. The molecule has 0 spiro atoms. The average Bonchev–Trinajstić information content (AvgIpc) is 3.17. The van der Waals surface area contributed by atoms with Crippen molar-refractivity contribution in [1.82, 2.24) is 4.90 Å². The number of nitriles is 1. The standard InChI is InChI=1S/C24H25N3O2/c25-13-15-4-6-16(7-5-15)18-8-9-21-20(12-18)23-19(22(14-28)26-21)10-11-27(23)24(29)17-2-1-3-17/h4-9,12,17,19,22-23,26,28H,1-3,10-11,14H2/t19-,22-,23-/m1/s1. The van der Waals surface area contributed by atoms with Crippen molar-refractivity contribution >= 4 is 11.6 Å². The molecular formula is C24H25N3O2. The van der Waals surface area contributed by atoms with Gasteiger partial charge in [0.1, 0.15) is 0 Å². The van der Waals surface area contributed by atoms with Crippen LogP contribution in [0.4, 0.5) is 5.69 Å². The third-order valence-electron chi connectivity index (χ3n) is 6.95. The highest BCUT2D eigenvalue weighted by Gasteiger charge is 2.47. The molecule has 5 nitrogen and oxygen atoms in total. The first-order valence-electron chi connectivity index (χ1n) is 10.5. The Bertz CT molecular complexity index is 975. The molecular weight excluding hydrogens is 362 g/mol. The van der Waals surface area contributed by atoms with E-state index in [-0.39, 0.29) is 36.4 Å². The van der Waals surface area contributed by atoms with E-state index in [1.165, 1.54) is 0 Å². The lowest BCUT2D eigenvalue weighted by Gasteiger charge is -2.41. The normalized spacial score (nSPS) is 25.4. The summed E-state index contributed by atoms with van der Waals surface area (Å²) in [6.07, 6.45) is 4.08. The van der Waals surface area contributed by atoms with Crippen molar-refractivity contribution in [3.63, 3.8) is 0 Å². The average molecular weight is 387 g/mol. The molecule has 2 aromatic rings. The number of aliphatic hydroxyl groups is 1. The second-order valence-corrected chi connectivity index (χ2v) is 8.48. The zero-order valence-electron chi connectivity index (χ0n) is 16.3. The van der Waals surface area contributed by atoms with Gasteiger partial charge in [-0.3, -0.25) is 4.79 Å². The second kappa shape index (κ2) is 7.20. The van der Waals surface area contributed by atoms with Gasteiger partial charge in [0.05, 0.1) is 30.3 Å². The van der Waals surface area contributed by atoms with Crippen LogP contribution in [0.25, 0.3) is 11.1 Å². The summed E-state index contributed by atoms with van der Waals surface area (Å²) in [5.74, 6) is 0.700. The summed E-state index contributed by atoms with van der Waals surface area (Å²) in [7, 11) is 0. The first-order valence-corrected chi connectivity index (χ1v) is 10.5. The quantitative estimate of drug-likeness (QED) is 0.842. The molecule has 29 heavy (non-hydrogen) atoms. The van der Waals surface area contributed by atoms with Crippen LogP contribution < -0.4 is 5.32 Å². The van der Waals surface area contributed by atoms with Gasteiger partial charge in [-0.1, -0.05) is 24.6 Å². The molecule has 1 amide bonds. The Morgan fingerprint density at radius 3 is 2.55 bits per heavy atom. The van der Waals surface area contributed by atoms with Crippen LogP contribution in [-0.2, 0) is 4.79 Å². The first-order chi connectivity index (χ1) is 14.2. The van der Waals surface area contributed by atoms with E-state index < -0.39 is 0 Å². The summed E-state index contributed by atoms with van der Waals surface area (Å²) in [6, 6.07) is 16.1. The van der Waals surface area contributed by atoms with Gasteiger partial charge in [-0.25, -0.2) is 0 Å². The predicted octanol–water partition coefficient (Wildman–Crippen LogP) is 3.70. The largest absolute Gasteiger partial charge is 0.394 e. The monoisotopic (exact) mass is 387 g/mol. The maximum Gasteiger partial charge on any atom is 0.226 e. The van der Waals surface area contributed by atoms with E-state index in [0.717, 1.165) is 54.6 Å². The van der Waals surface area contributed by atoms with Crippen LogP contribution in [0, 0.1) is 23.2 Å². The zero-order chi connectivity index (χ0) is 20.0. The van der Waals surface area contributed by atoms with Crippen LogP contribution in [0.3, 0.4) is 0 Å². The molecule has 1 aliphatic carbocycles. The van der Waals surface area contributed by atoms with E-state index in [0.29, 0.717) is 5.56 Å². The van der Waals surface area contributed by atoms with Crippen molar-refractivity contribution < 1.29 is 9.90 Å². The van der Waals surface area contributed by atoms with Crippen molar-refractivity contribution in [2.24, 2.45) is 11.8 Å². The number of nitrogens with zero attached hydrogens (tertiary/aromatic N) is 2. The lowest BCUT2D eigenvalue weighted by Crippen LogP contribution is -2.45. The van der Waals surface area contributed by atoms with E-state index in [4.69, 9.17) is 5.26 Å². The number of aliphatic hydroxyl groups excluding tert-OH is 1. The van der Waals surface area contributed by atoms with E-state index in [9.17, 15) is 9.90 Å². The van der Waals surface area contributed by atoms with Gasteiger partial charge in [0.25, 0.3) is 0 Å². The number of hydrogen-bond donors (Lipinski definition) is 2. The fourth-order valence-electron chi connectivity index (χ4n) is 5.12. The van der Waals surface area contributed by atoms with Crippen molar-refractivity contribution in [2.45, 2.75) is 37.8 Å². The molecule has 2 aliphatic heterocycles. The lowest BCUT2D eigenvalue weighted by atomic mass is 9.80. The summed E-state index contributed by atoms with van der Waals surface area (Å²) in [5, 5.41) is 22.5. The topological polar surface area (TPSA) is 76.4 Å². The molecule has 3 atom stereocenters. The molecule has 0 bridgehead atoms. The number of rotatable bonds is 3. The highest BCUT2D eigenvalue weighted by Crippen LogP contribution is 2.48. The maximum absolute atomic E-state index is 13.1. The molecule has 5 heteroatoms. The number of carbonyl (C=O) groups is 1. The number of hydrogen-bond acceptors (Lipinski definition) is 4. The minimum absolute atomic E-state index is 0.0209. The fraction of sp³-hybridized carbons (Fsp3) is 0.417. The highest BCUT2D eigenvalue weighted by atomic mass is 16.3. The Morgan fingerprint density at radius 1 is 1.14 bits per heavy atom. The van der Waals surface area contributed by atoms with Crippen LogP contribution in [-0.4, -0.2) is 35.1 Å². The third kappa shape index (κ3) is 2.99. The van der Waals surface area contributed by atoms with Gasteiger partial charge in [0, 0.05) is 24.1 Å². The van der Waals surface area contributed by atoms with Crippen molar-refractivity contribution in [1.29, 1.82) is 5.26 Å². The number of anilines is 1. The maximum atomic E-state index is 13.1. The van der Waals surface area contributed by atoms with Crippen LogP contribution in [0.15, 0.2) is 42.5 Å². The van der Waals surface area contributed by atoms with Crippen LogP contribution in [0.2, 0.25) is 0 Å². The summed E-state index contributed by atoms with van der Waals surface area (Å²) in [6.45, 7) is 0.840. The molecule has 1 saturated heterocycles. The van der Waals surface area contributed by atoms with Gasteiger partial charge in [-0.15, -0.1) is 0 Å². The summed E-state index contributed by atoms with van der Waals surface area (Å²) in [4.78, 5) is 15.2. The molecule has 0 unspecified atom stereocenters. The van der Waals surface area contributed by atoms with Crippen molar-refractivity contribution in [2.75, 3.05) is 18.5 Å². The molecule has 2 heterocycles. The number of amides is 1. The Morgan fingerprint density at radius 2 is 1.90 bits per heavy atom. The summed E-state index contributed by atoms with van der Waals surface area (Å²) < 4.78 is 0. The number of carbonyl (C=O) groups excluding carboxylic acids is 1. The smallest absolute Gasteiger partial charge is 0.226 e. The predicted molar refractivity (Wildman–Crippen MR) is 111 cm³/mol. The van der Waals surface area contributed by atoms with Gasteiger partial charge >= 0.3 is 0 Å². The van der Waals surface area contributed by atoms with Gasteiger partial charge in [0.2, 0.25) is 5.91 Å². The Balaban J connectivity index is 1.54. The molecule has 3 aliphatic rings. The van der Waals surface area contributed by atoms with Gasteiger partial charge in [-0.05, 0) is 60.2 Å². The molecule has 1 saturated carbocycles. The minimum Gasteiger partial charge on any atom is -0.394 e. The summed E-state index contributed by atoms with van der Waals surface area (Å²) in [5.41, 5.74) is 4.94. The SMILES string of the molecule is N#Cc1ccc(-c2ccc3c(c2)[C@H]2[C@H](CCN2C(=O)C2CCC2)[C@@H](CO)N3)cc1. The number of fused-ring (bicyclic) bond motifs is 3. The van der Waals surface area contributed by atoms with Gasteiger partial charge in [-0.2, -0.15) is 5.26 Å². The highest BCUT2D eigenvalue weighted by molar-refractivity contribution is 5.81. The molecule has 5 rings (SSSR count). The molecule has 2 aromatic carbocycles. The van der Waals surface area contributed by atoms with Gasteiger partial charge in [0.15, 0.2) is 0 Å². The number of nitrogens with one attached hydrogen (secondary N) is 1. The fourth-order valence-corrected chi connectivity index (χ4v) is 5.12. The molecule has 2 N–H and O–H groups in total. The van der Waals surface area contributed by atoms with E-state index in [1.807, 2.05) is 24.3 Å². The van der Waals surface area contributed by atoms with Crippen LogP contribution in [0.1, 0.15) is 42.9 Å². The Hall–Kier alpha value is -2.84. The third-order valence-corrected chi connectivity index (χ3v) is 6.95. The molecule has 148 valence electrons. The van der Waals surface area contributed by atoms with Crippen LogP contribution in [0.5, 0.6) is 0 Å². The van der Waals surface area contributed by atoms with E-state index in [1.54, 1.807) is 0 Å². The lowest BCUT2D eigenvalue weighted by molar-refractivity contribution is -0.139. The molecule has 0 aromatic heterocycles. The van der Waals surface area contributed by atoms with Gasteiger partial charge < -0.3 is 15.3 Å². The Labute approximate surface area is 171 Å². The minimum atomic E-state index is -0.0209. The second-order valence-electron chi connectivity index (χ2n) is 8.48. The molecule has 2 fully saturated rings.